The van der Waals surface area contributed by atoms with Gasteiger partial charge in [0.05, 0.1) is 11.0 Å². The molecule has 218 valence electrons. The van der Waals surface area contributed by atoms with Gasteiger partial charge in [0.1, 0.15) is 11.2 Å². The summed E-state index contributed by atoms with van der Waals surface area (Å²) in [6, 6.07) is 36.4. The minimum atomic E-state index is -0.433. The molecule has 0 aliphatic rings. The molecule has 0 bridgehead atoms. The van der Waals surface area contributed by atoms with Crippen LogP contribution >= 0.6 is 0 Å². The van der Waals surface area contributed by atoms with Crippen LogP contribution in [0.1, 0.15) is 11.0 Å². The minimum Gasteiger partial charge on any atom is -0.455 e. The molecule has 0 spiro atoms. The molecule has 0 aliphatic carbocycles. The lowest BCUT2D eigenvalue weighted by molar-refractivity contribution is 0.672. The third-order valence-electron chi connectivity index (χ3n) is 9.30. The quantitative estimate of drug-likeness (QED) is 0.183. The van der Waals surface area contributed by atoms with Crippen LogP contribution in [0.3, 0.4) is 0 Å². The predicted octanol–water partition coefficient (Wildman–Crippen LogP) is 13.2. The van der Waals surface area contributed by atoms with Crippen LogP contribution < -0.4 is 0 Å². The maximum absolute atomic E-state index is 9.35. The Hall–Kier alpha value is -6.18. The second-order valence-electron chi connectivity index (χ2n) is 11.8. The summed E-state index contributed by atoms with van der Waals surface area (Å²) in [5.74, 6) is 0. The van der Waals surface area contributed by atoms with Crippen LogP contribution in [0.25, 0.3) is 98.4 Å². The molecule has 0 aliphatic heterocycles. The van der Waals surface area contributed by atoms with Crippen molar-refractivity contribution in [2.45, 2.75) is 0 Å². The van der Waals surface area contributed by atoms with Gasteiger partial charge in [-0.25, -0.2) is 0 Å². The Balaban J connectivity index is 1.33. The summed E-state index contributed by atoms with van der Waals surface area (Å²) in [7, 11) is 0. The summed E-state index contributed by atoms with van der Waals surface area (Å²) in [6.45, 7) is 0. The number of hydrogen-bond donors (Lipinski definition) is 0. The molecule has 0 atom stereocenters. The van der Waals surface area contributed by atoms with Crippen molar-refractivity contribution in [1.82, 2.24) is 0 Å². The molecule has 1 nitrogen and oxygen atoms in total. The molecular formula is C46H28O. The molecule has 0 unspecified atom stereocenters. The van der Waals surface area contributed by atoms with Gasteiger partial charge in [0.15, 0.2) is 0 Å². The van der Waals surface area contributed by atoms with Crippen LogP contribution in [0, 0.1) is 0 Å². The second kappa shape index (κ2) is 10.2. The Kier molecular flexibility index (Phi) is 4.19. The Bertz CT molecular complexity index is 3210. The highest BCUT2D eigenvalue weighted by molar-refractivity contribution is 6.23. The fourth-order valence-corrected chi connectivity index (χ4v) is 7.16. The molecular weight excluding hydrogens is 569 g/mol. The van der Waals surface area contributed by atoms with Crippen molar-refractivity contribution in [2.24, 2.45) is 0 Å². The van der Waals surface area contributed by atoms with Gasteiger partial charge in [-0.05, 0) is 89.3 Å². The molecule has 0 radical (unpaired) electrons. The first kappa shape index (κ1) is 19.4. The molecule has 1 heterocycles. The highest BCUT2D eigenvalue weighted by Gasteiger charge is 2.18. The molecule has 1 aromatic heterocycles. The second-order valence-corrected chi connectivity index (χ2v) is 11.8. The van der Waals surface area contributed by atoms with Crippen molar-refractivity contribution in [2.75, 3.05) is 0 Å². The molecule has 10 rings (SSSR count). The first-order valence-corrected chi connectivity index (χ1v) is 15.5. The van der Waals surface area contributed by atoms with Gasteiger partial charge in [-0.15, -0.1) is 0 Å². The Morgan fingerprint density at radius 3 is 1.64 bits per heavy atom. The van der Waals surface area contributed by atoms with Crippen LogP contribution in [-0.2, 0) is 0 Å². The standard InChI is InChI=1S/C46H28O/c1-3-13-34-29(10-1)12-9-19-35(34)31-20-22-32(23-21-31)44-37-15-5-7-17-39(37)45(40-18-8-6-16-38(40)44)33-25-27-43-42(28-33)41-26-24-30-11-2-4-14-36(30)46(41)47-43/h1-28H/i5D,6D,7D,8D,15D,16D,17D,18D. The Morgan fingerprint density at radius 2 is 0.936 bits per heavy atom. The Morgan fingerprint density at radius 1 is 0.383 bits per heavy atom. The van der Waals surface area contributed by atoms with Crippen LogP contribution in [0.4, 0.5) is 0 Å². The van der Waals surface area contributed by atoms with E-state index < -0.39 is 24.2 Å². The van der Waals surface area contributed by atoms with E-state index in [2.05, 4.69) is 18.2 Å². The number of hydrogen-bond acceptors (Lipinski definition) is 1. The van der Waals surface area contributed by atoms with Crippen molar-refractivity contribution in [3.63, 3.8) is 0 Å². The van der Waals surface area contributed by atoms with Gasteiger partial charge in [0.25, 0.3) is 0 Å². The summed E-state index contributed by atoms with van der Waals surface area (Å²) in [5.41, 5.74) is 5.00. The zero-order valence-corrected chi connectivity index (χ0v) is 25.0. The van der Waals surface area contributed by atoms with E-state index in [1.807, 2.05) is 97.1 Å². The number of furan rings is 1. The van der Waals surface area contributed by atoms with Crippen LogP contribution in [0.5, 0.6) is 0 Å². The normalized spacial score (nSPS) is 14.2. The summed E-state index contributed by atoms with van der Waals surface area (Å²) in [4.78, 5) is 0. The summed E-state index contributed by atoms with van der Waals surface area (Å²) < 4.78 is 78.9. The van der Waals surface area contributed by atoms with Crippen LogP contribution in [0.2, 0.25) is 0 Å². The van der Waals surface area contributed by atoms with E-state index in [0.29, 0.717) is 33.4 Å². The molecule has 47 heavy (non-hydrogen) atoms. The number of fused-ring (bicyclic) bond motifs is 8. The third kappa shape index (κ3) is 3.97. The van der Waals surface area contributed by atoms with E-state index in [0.717, 1.165) is 43.4 Å². The number of benzene rings is 9. The van der Waals surface area contributed by atoms with Gasteiger partial charge in [-0.1, -0.05) is 151 Å². The lowest BCUT2D eigenvalue weighted by atomic mass is 9.85. The van der Waals surface area contributed by atoms with Gasteiger partial charge < -0.3 is 4.42 Å². The van der Waals surface area contributed by atoms with Crippen molar-refractivity contribution in [3.05, 3.63) is 170 Å². The predicted molar refractivity (Wildman–Crippen MR) is 200 cm³/mol. The van der Waals surface area contributed by atoms with Gasteiger partial charge in [-0.2, -0.15) is 0 Å². The first-order valence-electron chi connectivity index (χ1n) is 19.5. The topological polar surface area (TPSA) is 13.1 Å². The van der Waals surface area contributed by atoms with Crippen molar-refractivity contribution < 1.29 is 15.4 Å². The SMILES string of the molecule is [2H]c1c([2H])c([2H])c2c(-c3ccc4oc5c6ccccc6ccc5c4c3)c3c([2H])c([2H])c([2H])c([2H])c3c(-c3ccc(-c4cccc5ccccc45)cc3)c2c1[2H]. The smallest absolute Gasteiger partial charge is 0.143 e. The van der Waals surface area contributed by atoms with Crippen molar-refractivity contribution >= 4 is 65.0 Å². The molecule has 0 fully saturated rings. The van der Waals surface area contributed by atoms with Crippen LogP contribution in [-0.4, -0.2) is 0 Å². The molecule has 10 aromatic rings. The highest BCUT2D eigenvalue weighted by Crippen LogP contribution is 2.45. The molecule has 0 saturated heterocycles. The maximum atomic E-state index is 9.35. The monoisotopic (exact) mass is 604 g/mol. The van der Waals surface area contributed by atoms with Gasteiger partial charge >= 0.3 is 0 Å². The van der Waals surface area contributed by atoms with E-state index in [9.17, 15) is 5.48 Å². The minimum absolute atomic E-state index is 0.175. The van der Waals surface area contributed by atoms with E-state index in [1.165, 1.54) is 0 Å². The average Bonchev–Trinajstić information content (AvgIpc) is 3.61. The summed E-state index contributed by atoms with van der Waals surface area (Å²) in [5, 5.41) is 6.50. The molecule has 0 amide bonds. The van der Waals surface area contributed by atoms with E-state index in [1.54, 1.807) is 6.07 Å². The zero-order valence-electron chi connectivity index (χ0n) is 33.0. The fourth-order valence-electron chi connectivity index (χ4n) is 7.16. The van der Waals surface area contributed by atoms with Crippen LogP contribution in [0.15, 0.2) is 174 Å². The van der Waals surface area contributed by atoms with Gasteiger partial charge in [0.2, 0.25) is 0 Å². The van der Waals surface area contributed by atoms with Crippen molar-refractivity contribution in [3.8, 4) is 33.4 Å². The first-order chi connectivity index (χ1) is 26.6. The third-order valence-corrected chi connectivity index (χ3v) is 9.30. The Labute approximate surface area is 283 Å². The summed E-state index contributed by atoms with van der Waals surface area (Å²) in [6.07, 6.45) is 0. The average molecular weight is 605 g/mol. The molecule has 9 aromatic carbocycles. The number of rotatable bonds is 3. The lowest BCUT2D eigenvalue weighted by Gasteiger charge is -2.18. The van der Waals surface area contributed by atoms with E-state index in [-0.39, 0.29) is 45.7 Å². The van der Waals surface area contributed by atoms with E-state index >= 15 is 0 Å². The van der Waals surface area contributed by atoms with Gasteiger partial charge in [-0.3, -0.25) is 0 Å². The van der Waals surface area contributed by atoms with Crippen molar-refractivity contribution in [1.29, 1.82) is 0 Å². The molecule has 0 saturated carbocycles. The fraction of sp³-hybridized carbons (Fsp3) is 0. The largest absolute Gasteiger partial charge is 0.455 e. The highest BCUT2D eigenvalue weighted by atomic mass is 16.3. The molecule has 0 N–H and O–H groups in total. The van der Waals surface area contributed by atoms with Gasteiger partial charge in [0, 0.05) is 16.2 Å². The van der Waals surface area contributed by atoms with E-state index in [4.69, 9.17) is 9.90 Å². The molecule has 1 heteroatoms. The zero-order chi connectivity index (χ0) is 37.9. The maximum Gasteiger partial charge on any atom is 0.143 e. The lowest BCUT2D eigenvalue weighted by Crippen LogP contribution is -1.91. The summed E-state index contributed by atoms with van der Waals surface area (Å²) >= 11 is 0.